The highest BCUT2D eigenvalue weighted by Crippen LogP contribution is 2.28. The van der Waals surface area contributed by atoms with E-state index in [9.17, 15) is 14.4 Å². The lowest BCUT2D eigenvalue weighted by atomic mass is 10.1. The maximum absolute atomic E-state index is 12.7. The number of imide groups is 1. The molecule has 1 aliphatic rings. The van der Waals surface area contributed by atoms with Gasteiger partial charge in [-0.1, -0.05) is 17.7 Å². The van der Waals surface area contributed by atoms with Crippen LogP contribution in [0.4, 0.5) is 11.4 Å². The highest BCUT2D eigenvalue weighted by atomic mass is 35.5. The summed E-state index contributed by atoms with van der Waals surface area (Å²) in [6, 6.07) is 11.3. The molecule has 7 heteroatoms. The van der Waals surface area contributed by atoms with Crippen LogP contribution in [-0.4, -0.2) is 42.8 Å². The minimum atomic E-state index is -0.659. The Bertz CT molecular complexity index is 909. The van der Waals surface area contributed by atoms with Gasteiger partial charge in [-0.3, -0.25) is 14.4 Å². The highest BCUT2D eigenvalue weighted by molar-refractivity contribution is 6.32. The van der Waals surface area contributed by atoms with Crippen LogP contribution in [-0.2, 0) is 9.59 Å². The fourth-order valence-electron chi connectivity index (χ4n) is 2.91. The fourth-order valence-corrected chi connectivity index (χ4v) is 3.08. The average Bonchev–Trinajstić information content (AvgIpc) is 2.91. The molecule has 1 saturated heterocycles. The summed E-state index contributed by atoms with van der Waals surface area (Å²) in [4.78, 5) is 39.7. The first-order valence-corrected chi connectivity index (χ1v) is 8.87. The zero-order valence-electron chi connectivity index (χ0n) is 15.3. The van der Waals surface area contributed by atoms with Gasteiger partial charge in [0.2, 0.25) is 5.91 Å². The molecule has 0 aliphatic carbocycles. The third-order valence-electron chi connectivity index (χ3n) is 4.44. The third kappa shape index (κ3) is 3.80. The van der Waals surface area contributed by atoms with Crippen LogP contribution in [0.25, 0.3) is 0 Å². The summed E-state index contributed by atoms with van der Waals surface area (Å²) in [6.45, 7) is 1.86. The Labute approximate surface area is 162 Å². The lowest BCUT2D eigenvalue weighted by Crippen LogP contribution is -2.34. The zero-order valence-corrected chi connectivity index (χ0v) is 16.1. The third-order valence-corrected chi connectivity index (χ3v) is 4.85. The quantitative estimate of drug-likeness (QED) is 0.821. The lowest BCUT2D eigenvalue weighted by Gasteiger charge is -2.17. The first-order chi connectivity index (χ1) is 12.8. The summed E-state index contributed by atoms with van der Waals surface area (Å²) in [5, 5.41) is 3.58. The van der Waals surface area contributed by atoms with Crippen molar-refractivity contribution in [3.05, 3.63) is 58.6 Å². The van der Waals surface area contributed by atoms with Gasteiger partial charge in [0.15, 0.2) is 0 Å². The molecule has 27 heavy (non-hydrogen) atoms. The minimum Gasteiger partial charge on any atom is -0.373 e. The van der Waals surface area contributed by atoms with Crippen molar-refractivity contribution in [1.29, 1.82) is 0 Å². The second-order valence-electron chi connectivity index (χ2n) is 6.68. The molecule has 3 rings (SSSR count). The number of halogens is 1. The Morgan fingerprint density at radius 3 is 2.41 bits per heavy atom. The maximum atomic E-state index is 12.7. The summed E-state index contributed by atoms with van der Waals surface area (Å²) in [5.74, 6) is -0.707. The SMILES string of the molecule is Cc1ccc(N2C(=O)C[C@@H](Nc3ccc(C(=O)N(C)C)cc3)C2=O)cc1Cl. The van der Waals surface area contributed by atoms with Crippen LogP contribution in [0.1, 0.15) is 22.3 Å². The molecule has 0 spiro atoms. The monoisotopic (exact) mass is 385 g/mol. The molecule has 1 fully saturated rings. The van der Waals surface area contributed by atoms with E-state index in [2.05, 4.69) is 5.32 Å². The molecular formula is C20H20ClN3O3. The molecule has 0 radical (unpaired) electrons. The summed E-state index contributed by atoms with van der Waals surface area (Å²) in [7, 11) is 3.37. The molecule has 140 valence electrons. The second-order valence-corrected chi connectivity index (χ2v) is 7.09. The van der Waals surface area contributed by atoms with E-state index < -0.39 is 6.04 Å². The number of carbonyl (C=O) groups is 3. The topological polar surface area (TPSA) is 69.7 Å². The largest absolute Gasteiger partial charge is 0.373 e. The number of amides is 3. The van der Waals surface area contributed by atoms with E-state index in [1.54, 1.807) is 56.6 Å². The van der Waals surface area contributed by atoms with Gasteiger partial charge in [-0.05, 0) is 48.9 Å². The Morgan fingerprint density at radius 1 is 1.15 bits per heavy atom. The molecule has 3 amide bonds. The molecule has 0 saturated carbocycles. The van der Waals surface area contributed by atoms with Gasteiger partial charge in [0.1, 0.15) is 6.04 Å². The van der Waals surface area contributed by atoms with Gasteiger partial charge in [0.05, 0.1) is 12.1 Å². The number of nitrogens with one attached hydrogen (secondary N) is 1. The molecule has 1 heterocycles. The molecule has 2 aromatic rings. The first kappa shape index (κ1) is 18.9. The fraction of sp³-hybridized carbons (Fsp3) is 0.250. The predicted molar refractivity (Wildman–Crippen MR) is 105 cm³/mol. The smallest absolute Gasteiger partial charge is 0.256 e. The Kier molecular flexibility index (Phi) is 5.19. The van der Waals surface area contributed by atoms with Crippen LogP contribution in [0.5, 0.6) is 0 Å². The lowest BCUT2D eigenvalue weighted by molar-refractivity contribution is -0.121. The first-order valence-electron chi connectivity index (χ1n) is 8.49. The highest BCUT2D eigenvalue weighted by Gasteiger charge is 2.39. The van der Waals surface area contributed by atoms with E-state index in [0.29, 0.717) is 22.0 Å². The van der Waals surface area contributed by atoms with Crippen molar-refractivity contribution in [3.63, 3.8) is 0 Å². The standard InChI is InChI=1S/C20H20ClN3O3/c1-12-4-9-15(10-16(12)21)24-18(25)11-17(20(24)27)22-14-7-5-13(6-8-14)19(26)23(2)3/h4-10,17,22H,11H2,1-3H3/t17-/m1/s1. The van der Waals surface area contributed by atoms with Crippen molar-refractivity contribution < 1.29 is 14.4 Å². The Morgan fingerprint density at radius 2 is 1.81 bits per heavy atom. The number of aryl methyl sites for hydroxylation is 1. The van der Waals surface area contributed by atoms with Gasteiger partial charge in [0.25, 0.3) is 11.8 Å². The van der Waals surface area contributed by atoms with Crippen LogP contribution in [0, 0.1) is 6.92 Å². The van der Waals surface area contributed by atoms with E-state index in [0.717, 1.165) is 10.5 Å². The molecule has 0 aromatic heterocycles. The molecule has 1 N–H and O–H groups in total. The number of benzene rings is 2. The van der Waals surface area contributed by atoms with E-state index in [-0.39, 0.29) is 24.1 Å². The van der Waals surface area contributed by atoms with Gasteiger partial charge in [-0.25, -0.2) is 4.90 Å². The molecule has 6 nitrogen and oxygen atoms in total. The van der Waals surface area contributed by atoms with Crippen LogP contribution in [0.15, 0.2) is 42.5 Å². The van der Waals surface area contributed by atoms with Gasteiger partial charge in [-0.15, -0.1) is 0 Å². The number of carbonyl (C=O) groups excluding carboxylic acids is 3. The van der Waals surface area contributed by atoms with E-state index in [4.69, 9.17) is 11.6 Å². The number of hydrogen-bond acceptors (Lipinski definition) is 4. The van der Waals surface area contributed by atoms with E-state index in [1.165, 1.54) is 4.90 Å². The van der Waals surface area contributed by atoms with Gasteiger partial charge in [0, 0.05) is 30.4 Å². The predicted octanol–water partition coefficient (Wildman–Crippen LogP) is 3.09. The van der Waals surface area contributed by atoms with E-state index >= 15 is 0 Å². The van der Waals surface area contributed by atoms with Crippen molar-refractivity contribution in [2.45, 2.75) is 19.4 Å². The number of rotatable bonds is 4. The van der Waals surface area contributed by atoms with Crippen molar-refractivity contribution in [2.75, 3.05) is 24.3 Å². The summed E-state index contributed by atoms with van der Waals surface area (Å²) in [5.41, 5.74) is 2.56. The van der Waals surface area contributed by atoms with Gasteiger partial charge in [-0.2, -0.15) is 0 Å². The molecule has 1 atom stereocenters. The Balaban J connectivity index is 1.75. The van der Waals surface area contributed by atoms with E-state index in [1.807, 2.05) is 6.92 Å². The van der Waals surface area contributed by atoms with Crippen LogP contribution >= 0.6 is 11.6 Å². The minimum absolute atomic E-state index is 0.0582. The molecule has 0 unspecified atom stereocenters. The second kappa shape index (κ2) is 7.40. The zero-order chi connectivity index (χ0) is 19.7. The normalized spacial score (nSPS) is 16.6. The van der Waals surface area contributed by atoms with Crippen LogP contribution < -0.4 is 10.2 Å². The summed E-state index contributed by atoms with van der Waals surface area (Å²) in [6.07, 6.45) is 0.0582. The van der Waals surface area contributed by atoms with Crippen LogP contribution in [0.3, 0.4) is 0 Å². The maximum Gasteiger partial charge on any atom is 0.256 e. The van der Waals surface area contributed by atoms with Crippen molar-refractivity contribution in [3.8, 4) is 0 Å². The molecule has 1 aliphatic heterocycles. The van der Waals surface area contributed by atoms with Crippen molar-refractivity contribution in [1.82, 2.24) is 4.90 Å². The van der Waals surface area contributed by atoms with Crippen molar-refractivity contribution >= 4 is 40.7 Å². The molecule has 0 bridgehead atoms. The molecule has 2 aromatic carbocycles. The van der Waals surface area contributed by atoms with Crippen molar-refractivity contribution in [2.24, 2.45) is 0 Å². The number of anilines is 2. The number of hydrogen-bond donors (Lipinski definition) is 1. The van der Waals surface area contributed by atoms with Crippen LogP contribution in [0.2, 0.25) is 5.02 Å². The summed E-state index contributed by atoms with van der Waals surface area (Å²) >= 11 is 6.12. The van der Waals surface area contributed by atoms with Gasteiger partial charge >= 0.3 is 0 Å². The molecular weight excluding hydrogens is 366 g/mol. The Hall–Kier alpha value is -2.86. The average molecular weight is 386 g/mol. The summed E-state index contributed by atoms with van der Waals surface area (Å²) < 4.78 is 0. The van der Waals surface area contributed by atoms with Gasteiger partial charge < -0.3 is 10.2 Å². The number of nitrogens with zero attached hydrogens (tertiary/aromatic N) is 2.